The number of methoxy groups -OCH3 is 1. The Morgan fingerprint density at radius 2 is 1.94 bits per heavy atom. The van der Waals surface area contributed by atoms with Crippen LogP contribution in [0.2, 0.25) is 0 Å². The molecular formula is C10H12F3NO2. The predicted molar refractivity (Wildman–Crippen MR) is 51.7 cm³/mol. The highest BCUT2D eigenvalue weighted by Gasteiger charge is 2.35. The van der Waals surface area contributed by atoms with Crippen LogP contribution < -0.4 is 10.6 Å². The Balaban J connectivity index is 3.27. The van der Waals surface area contributed by atoms with E-state index >= 15 is 0 Å². The van der Waals surface area contributed by atoms with Crippen LogP contribution in [-0.2, 0) is 11.0 Å². The molecule has 0 radical (unpaired) electrons. The van der Waals surface area contributed by atoms with Crippen LogP contribution in [0, 0.1) is 0 Å². The highest BCUT2D eigenvalue weighted by Crippen LogP contribution is 2.37. The van der Waals surface area contributed by atoms with Crippen molar-refractivity contribution >= 4 is 0 Å². The lowest BCUT2D eigenvalue weighted by Gasteiger charge is -2.17. The number of rotatable bonds is 3. The summed E-state index contributed by atoms with van der Waals surface area (Å²) in [5.41, 5.74) is -0.819. The Morgan fingerprint density at radius 3 is 2.38 bits per heavy atom. The first kappa shape index (κ1) is 12.8. The molecule has 16 heavy (non-hydrogen) atoms. The number of halogens is 3. The normalized spacial score (nSPS) is 13.6. The van der Waals surface area contributed by atoms with Crippen molar-refractivity contribution in [2.75, 3.05) is 7.11 Å². The van der Waals surface area contributed by atoms with Crippen molar-refractivity contribution in [3.63, 3.8) is 0 Å². The molecule has 0 aliphatic heterocycles. The van der Waals surface area contributed by atoms with Gasteiger partial charge in [0.05, 0.1) is 12.7 Å². The maximum absolute atomic E-state index is 12.7. The molecule has 1 aromatic carbocycles. The van der Waals surface area contributed by atoms with Crippen LogP contribution in [0.1, 0.15) is 24.2 Å². The number of alkyl halides is 3. The van der Waals surface area contributed by atoms with Gasteiger partial charge in [-0.05, 0) is 24.6 Å². The minimum absolute atomic E-state index is 0.0178. The zero-order chi connectivity index (χ0) is 12.3. The van der Waals surface area contributed by atoms with Crippen molar-refractivity contribution in [1.82, 2.24) is 0 Å². The molecule has 0 saturated heterocycles. The zero-order valence-electron chi connectivity index (χ0n) is 8.84. The third kappa shape index (κ3) is 2.65. The van der Waals surface area contributed by atoms with Crippen LogP contribution in [0.15, 0.2) is 18.2 Å². The highest BCUT2D eigenvalue weighted by molar-refractivity contribution is 5.38. The second-order valence-electron chi connectivity index (χ2n) is 3.23. The summed E-state index contributed by atoms with van der Waals surface area (Å²) in [6.07, 6.45) is -5.29. The van der Waals surface area contributed by atoms with E-state index in [0.717, 1.165) is 6.07 Å². The summed E-state index contributed by atoms with van der Waals surface area (Å²) in [5, 5.41) is 0. The van der Waals surface area contributed by atoms with Crippen LogP contribution in [0.25, 0.3) is 0 Å². The lowest BCUT2D eigenvalue weighted by molar-refractivity contribution is -0.139. The van der Waals surface area contributed by atoms with E-state index in [1.165, 1.54) is 26.2 Å². The number of benzene rings is 1. The fraction of sp³-hybridized carbons (Fsp3) is 0.400. The number of nitrogens with two attached hydrogens (primary N) is 1. The molecule has 90 valence electrons. The van der Waals surface area contributed by atoms with E-state index < -0.39 is 17.8 Å². The van der Waals surface area contributed by atoms with Gasteiger partial charge in [0.1, 0.15) is 11.9 Å². The first-order chi connectivity index (χ1) is 7.40. The molecular weight excluding hydrogens is 223 g/mol. The molecule has 0 heterocycles. The molecule has 1 aromatic rings. The van der Waals surface area contributed by atoms with Gasteiger partial charge in [0, 0.05) is 0 Å². The first-order valence-corrected chi connectivity index (χ1v) is 4.50. The monoisotopic (exact) mass is 235 g/mol. The van der Waals surface area contributed by atoms with Gasteiger partial charge in [-0.2, -0.15) is 13.2 Å². The van der Waals surface area contributed by atoms with Gasteiger partial charge in [-0.15, -0.1) is 0 Å². The number of hydrogen-bond donors (Lipinski definition) is 1. The summed E-state index contributed by atoms with van der Waals surface area (Å²) in [4.78, 5) is 4.40. The van der Waals surface area contributed by atoms with E-state index in [2.05, 4.69) is 4.84 Å². The molecule has 0 aliphatic carbocycles. The van der Waals surface area contributed by atoms with Gasteiger partial charge >= 0.3 is 6.18 Å². The van der Waals surface area contributed by atoms with E-state index in [1.54, 1.807) is 0 Å². The second-order valence-corrected chi connectivity index (χ2v) is 3.23. The molecule has 0 aliphatic rings. The molecule has 0 spiro atoms. The summed E-state index contributed by atoms with van der Waals surface area (Å²) in [6.45, 7) is 1.44. The molecule has 0 bridgehead atoms. The first-order valence-electron chi connectivity index (χ1n) is 4.50. The van der Waals surface area contributed by atoms with Gasteiger partial charge in [0.2, 0.25) is 0 Å². The Kier molecular flexibility index (Phi) is 3.77. The van der Waals surface area contributed by atoms with Crippen LogP contribution in [0.4, 0.5) is 13.2 Å². The van der Waals surface area contributed by atoms with Crippen molar-refractivity contribution in [3.8, 4) is 5.75 Å². The minimum Gasteiger partial charge on any atom is -0.497 e. The third-order valence-corrected chi connectivity index (χ3v) is 2.21. The smallest absolute Gasteiger partial charge is 0.416 e. The minimum atomic E-state index is -4.46. The Bertz CT molecular complexity index is 366. The largest absolute Gasteiger partial charge is 0.497 e. The lowest BCUT2D eigenvalue weighted by Crippen LogP contribution is -2.14. The van der Waals surface area contributed by atoms with Gasteiger partial charge in [-0.1, -0.05) is 6.07 Å². The van der Waals surface area contributed by atoms with Gasteiger partial charge in [-0.3, -0.25) is 4.84 Å². The molecule has 0 fully saturated rings. The number of ether oxygens (including phenoxy) is 1. The van der Waals surface area contributed by atoms with Crippen molar-refractivity contribution < 1.29 is 22.7 Å². The van der Waals surface area contributed by atoms with Crippen LogP contribution in [0.5, 0.6) is 5.75 Å². The molecule has 1 atom stereocenters. The highest BCUT2D eigenvalue weighted by atomic mass is 19.4. The van der Waals surface area contributed by atoms with E-state index in [0.29, 0.717) is 0 Å². The summed E-state index contributed by atoms with van der Waals surface area (Å²) in [7, 11) is 1.30. The van der Waals surface area contributed by atoms with Gasteiger partial charge in [-0.25, -0.2) is 5.90 Å². The maximum atomic E-state index is 12.7. The maximum Gasteiger partial charge on any atom is 0.416 e. The summed E-state index contributed by atoms with van der Waals surface area (Å²) >= 11 is 0. The van der Waals surface area contributed by atoms with Crippen molar-refractivity contribution in [2.24, 2.45) is 5.90 Å². The fourth-order valence-corrected chi connectivity index (χ4v) is 1.34. The molecule has 0 aromatic heterocycles. The van der Waals surface area contributed by atoms with Gasteiger partial charge in [0.25, 0.3) is 0 Å². The van der Waals surface area contributed by atoms with Crippen molar-refractivity contribution in [1.29, 1.82) is 0 Å². The molecule has 1 unspecified atom stereocenters. The molecule has 0 amide bonds. The molecule has 6 heteroatoms. The zero-order valence-corrected chi connectivity index (χ0v) is 8.84. The quantitative estimate of drug-likeness (QED) is 0.819. The summed E-state index contributed by atoms with van der Waals surface area (Å²) < 4.78 is 42.9. The average molecular weight is 235 g/mol. The van der Waals surface area contributed by atoms with E-state index in [4.69, 9.17) is 10.6 Å². The van der Waals surface area contributed by atoms with Crippen LogP contribution in [0.3, 0.4) is 0 Å². The summed E-state index contributed by atoms with van der Waals surface area (Å²) in [6, 6.07) is 3.64. The van der Waals surface area contributed by atoms with Crippen LogP contribution >= 0.6 is 0 Å². The molecule has 1 rings (SSSR count). The van der Waals surface area contributed by atoms with Gasteiger partial charge in [0.15, 0.2) is 0 Å². The third-order valence-electron chi connectivity index (χ3n) is 2.21. The second kappa shape index (κ2) is 4.71. The van der Waals surface area contributed by atoms with E-state index in [-0.39, 0.29) is 11.3 Å². The lowest BCUT2D eigenvalue weighted by atomic mass is 10.0. The van der Waals surface area contributed by atoms with Crippen molar-refractivity contribution in [3.05, 3.63) is 29.3 Å². The number of hydrogen-bond acceptors (Lipinski definition) is 3. The van der Waals surface area contributed by atoms with Crippen LogP contribution in [-0.4, -0.2) is 7.11 Å². The summed E-state index contributed by atoms with van der Waals surface area (Å²) in [5.74, 6) is 5.03. The average Bonchev–Trinajstić information content (AvgIpc) is 2.26. The Labute approximate surface area is 90.9 Å². The molecule has 0 saturated carbocycles. The SMILES string of the molecule is COc1ccc(C(C)ON)c(C(F)(F)F)c1. The molecule has 2 N–H and O–H groups in total. The Morgan fingerprint density at radius 1 is 1.31 bits per heavy atom. The Hall–Kier alpha value is -1.27. The van der Waals surface area contributed by atoms with Crippen molar-refractivity contribution in [2.45, 2.75) is 19.2 Å². The van der Waals surface area contributed by atoms with E-state index in [1.807, 2.05) is 0 Å². The standard InChI is InChI=1S/C10H12F3NO2/c1-6(16-14)8-4-3-7(15-2)5-9(8)10(11,12)13/h3-6H,14H2,1-2H3. The fourth-order valence-electron chi connectivity index (χ4n) is 1.34. The van der Waals surface area contributed by atoms with E-state index in [9.17, 15) is 13.2 Å². The molecule has 3 nitrogen and oxygen atoms in total. The topological polar surface area (TPSA) is 44.5 Å². The predicted octanol–water partition coefficient (Wildman–Crippen LogP) is 2.67. The van der Waals surface area contributed by atoms with Gasteiger partial charge < -0.3 is 4.74 Å².